The molecule has 34 heavy (non-hydrogen) atoms. The van der Waals surface area contributed by atoms with E-state index in [1.807, 2.05) is 42.5 Å². The fourth-order valence-electron chi connectivity index (χ4n) is 3.85. The first-order valence-corrected chi connectivity index (χ1v) is 13.7. The monoisotopic (exact) mass is 496 g/mol. The summed E-state index contributed by atoms with van der Waals surface area (Å²) in [7, 11) is -2.19. The van der Waals surface area contributed by atoms with Crippen LogP contribution in [0.15, 0.2) is 82.6 Å². The van der Waals surface area contributed by atoms with Gasteiger partial charge in [0.1, 0.15) is 5.75 Å². The number of nitrogens with zero attached hydrogens (tertiary/aromatic N) is 1. The van der Waals surface area contributed by atoms with Gasteiger partial charge < -0.3 is 10.1 Å². The molecule has 1 aliphatic heterocycles. The lowest BCUT2D eigenvalue weighted by Gasteiger charge is -2.26. The molecule has 4 rings (SSSR count). The second-order valence-corrected chi connectivity index (χ2v) is 11.1. The quantitative estimate of drug-likeness (QED) is 0.422. The number of sulfonamides is 1. The molecule has 0 unspecified atom stereocenters. The van der Waals surface area contributed by atoms with Crippen LogP contribution in [0.25, 0.3) is 0 Å². The van der Waals surface area contributed by atoms with Crippen LogP contribution in [0.3, 0.4) is 0 Å². The number of carbonyl (C=O) groups excluding carboxylic acids is 1. The van der Waals surface area contributed by atoms with Crippen LogP contribution in [-0.2, 0) is 15.8 Å². The van der Waals surface area contributed by atoms with Crippen molar-refractivity contribution in [3.05, 3.63) is 83.9 Å². The van der Waals surface area contributed by atoms with E-state index in [0.717, 1.165) is 30.6 Å². The third-order valence-electron chi connectivity index (χ3n) is 5.73. The normalized spacial score (nSPS) is 14.5. The number of benzene rings is 3. The van der Waals surface area contributed by atoms with E-state index in [0.29, 0.717) is 24.5 Å². The molecule has 0 atom stereocenters. The summed E-state index contributed by atoms with van der Waals surface area (Å²) in [6, 6.07) is 22.3. The van der Waals surface area contributed by atoms with E-state index >= 15 is 0 Å². The number of hydrogen-bond acceptors (Lipinski definition) is 5. The minimum atomic E-state index is -3.66. The maximum absolute atomic E-state index is 13.1. The number of ether oxygens (including phenoxy) is 1. The fourth-order valence-corrected chi connectivity index (χ4v) is 6.26. The molecule has 0 aliphatic carbocycles. The lowest BCUT2D eigenvalue weighted by Crippen LogP contribution is -2.35. The van der Waals surface area contributed by atoms with Gasteiger partial charge in [0.2, 0.25) is 10.0 Å². The molecule has 8 heteroatoms. The first-order valence-electron chi connectivity index (χ1n) is 11.2. The molecule has 1 fully saturated rings. The average Bonchev–Trinajstić information content (AvgIpc) is 2.89. The molecule has 1 aliphatic rings. The third-order valence-corrected chi connectivity index (χ3v) is 8.71. The minimum absolute atomic E-state index is 0.105. The minimum Gasteiger partial charge on any atom is -0.496 e. The van der Waals surface area contributed by atoms with Gasteiger partial charge in [0.25, 0.3) is 5.91 Å². The van der Waals surface area contributed by atoms with Gasteiger partial charge in [0.15, 0.2) is 0 Å². The summed E-state index contributed by atoms with van der Waals surface area (Å²) in [6.07, 6.45) is 2.73. The molecule has 1 N–H and O–H groups in total. The van der Waals surface area contributed by atoms with E-state index in [1.165, 1.54) is 34.5 Å². The number of hydrogen-bond donors (Lipinski definition) is 1. The van der Waals surface area contributed by atoms with E-state index in [9.17, 15) is 13.2 Å². The molecule has 0 saturated carbocycles. The Labute approximate surface area is 205 Å². The van der Waals surface area contributed by atoms with Crippen LogP contribution in [0.4, 0.5) is 5.69 Å². The summed E-state index contributed by atoms with van der Waals surface area (Å²) >= 11 is 1.75. The number of rotatable bonds is 8. The summed E-state index contributed by atoms with van der Waals surface area (Å²) in [5.41, 5.74) is 1.95. The van der Waals surface area contributed by atoms with Crippen molar-refractivity contribution in [2.24, 2.45) is 0 Å². The number of carbonyl (C=O) groups is 1. The third kappa shape index (κ3) is 5.81. The number of nitrogens with one attached hydrogen (secondary N) is 1. The van der Waals surface area contributed by atoms with Crippen LogP contribution in [0.1, 0.15) is 35.2 Å². The predicted octanol–water partition coefficient (Wildman–Crippen LogP) is 5.41. The van der Waals surface area contributed by atoms with E-state index < -0.39 is 15.9 Å². The molecule has 0 radical (unpaired) electrons. The first-order chi connectivity index (χ1) is 16.5. The van der Waals surface area contributed by atoms with E-state index in [4.69, 9.17) is 4.74 Å². The largest absolute Gasteiger partial charge is 0.496 e. The van der Waals surface area contributed by atoms with Crippen LogP contribution in [0.2, 0.25) is 0 Å². The van der Waals surface area contributed by atoms with Crippen LogP contribution in [-0.4, -0.2) is 38.8 Å². The summed E-state index contributed by atoms with van der Waals surface area (Å²) in [5.74, 6) is 0.729. The number of amides is 1. The smallest absolute Gasteiger partial charge is 0.259 e. The number of piperidine rings is 1. The lowest BCUT2D eigenvalue weighted by molar-refractivity contribution is 0.102. The summed E-state index contributed by atoms with van der Waals surface area (Å²) in [6.45, 7) is 1.01. The van der Waals surface area contributed by atoms with Crippen molar-refractivity contribution in [1.82, 2.24) is 4.31 Å². The predicted molar refractivity (Wildman–Crippen MR) is 136 cm³/mol. The summed E-state index contributed by atoms with van der Waals surface area (Å²) in [5, 5.41) is 2.86. The van der Waals surface area contributed by atoms with Crippen molar-refractivity contribution >= 4 is 33.4 Å². The van der Waals surface area contributed by atoms with E-state index in [2.05, 4.69) is 17.4 Å². The Morgan fingerprint density at radius 1 is 0.971 bits per heavy atom. The molecule has 0 aromatic heterocycles. The molecule has 1 saturated heterocycles. The highest BCUT2D eigenvalue weighted by molar-refractivity contribution is 7.98. The Hall–Kier alpha value is -2.81. The van der Waals surface area contributed by atoms with Crippen molar-refractivity contribution < 1.29 is 17.9 Å². The topological polar surface area (TPSA) is 75.7 Å². The van der Waals surface area contributed by atoms with Gasteiger partial charge in [-0.2, -0.15) is 4.31 Å². The highest BCUT2D eigenvalue weighted by Crippen LogP contribution is 2.28. The van der Waals surface area contributed by atoms with Crippen molar-refractivity contribution in [2.45, 2.75) is 34.8 Å². The molecular weight excluding hydrogens is 468 g/mol. The Morgan fingerprint density at radius 2 is 1.68 bits per heavy atom. The van der Waals surface area contributed by atoms with Crippen LogP contribution >= 0.6 is 11.8 Å². The Morgan fingerprint density at radius 3 is 2.35 bits per heavy atom. The molecule has 1 amide bonds. The first kappa shape index (κ1) is 24.3. The molecule has 1 heterocycles. The zero-order valence-corrected chi connectivity index (χ0v) is 20.7. The van der Waals surface area contributed by atoms with Gasteiger partial charge in [-0.05, 0) is 60.9 Å². The highest BCUT2D eigenvalue weighted by Gasteiger charge is 2.27. The number of thioether (sulfide) groups is 1. The second-order valence-electron chi connectivity index (χ2n) is 8.08. The molecule has 178 valence electrons. The van der Waals surface area contributed by atoms with E-state index in [-0.39, 0.29) is 10.5 Å². The van der Waals surface area contributed by atoms with Crippen molar-refractivity contribution in [3.8, 4) is 5.75 Å². The van der Waals surface area contributed by atoms with Gasteiger partial charge >= 0.3 is 0 Å². The molecular formula is C26H28N2O4S2. The highest BCUT2D eigenvalue weighted by atomic mass is 32.2. The van der Waals surface area contributed by atoms with Crippen LogP contribution < -0.4 is 10.1 Å². The maximum atomic E-state index is 13.1. The van der Waals surface area contributed by atoms with Crippen LogP contribution in [0, 0.1) is 0 Å². The zero-order chi connectivity index (χ0) is 24.0. The second kappa shape index (κ2) is 11.1. The van der Waals surface area contributed by atoms with Crippen molar-refractivity contribution in [2.75, 3.05) is 25.5 Å². The zero-order valence-electron chi connectivity index (χ0n) is 19.1. The summed E-state index contributed by atoms with van der Waals surface area (Å²) in [4.78, 5) is 14.3. The van der Waals surface area contributed by atoms with Crippen molar-refractivity contribution in [1.29, 1.82) is 0 Å². The number of methoxy groups -OCH3 is 1. The van der Waals surface area contributed by atoms with Gasteiger partial charge in [-0.15, -0.1) is 11.8 Å². The van der Waals surface area contributed by atoms with E-state index in [1.54, 1.807) is 11.8 Å². The molecule has 3 aromatic rings. The SMILES string of the molecule is COc1ccc(S(=O)(=O)N2CCCCC2)cc1C(=O)Nc1ccc(CSc2ccccc2)cc1. The Kier molecular flexibility index (Phi) is 7.92. The van der Waals surface area contributed by atoms with Gasteiger partial charge in [-0.3, -0.25) is 4.79 Å². The van der Waals surface area contributed by atoms with Gasteiger partial charge in [0.05, 0.1) is 17.6 Å². The maximum Gasteiger partial charge on any atom is 0.259 e. The Balaban J connectivity index is 1.47. The fraction of sp³-hybridized carbons (Fsp3) is 0.269. The van der Waals surface area contributed by atoms with Gasteiger partial charge in [-0.25, -0.2) is 8.42 Å². The molecule has 0 spiro atoms. The standard InChI is InChI=1S/C26H28N2O4S2/c1-32-25-15-14-23(34(30,31)28-16-6-3-7-17-28)18-24(25)26(29)27-21-12-10-20(11-13-21)19-33-22-8-4-2-5-9-22/h2,4-5,8-15,18H,3,6-7,16-17,19H2,1H3,(H,27,29). The molecule has 3 aromatic carbocycles. The molecule has 0 bridgehead atoms. The lowest BCUT2D eigenvalue weighted by atomic mass is 10.1. The summed E-state index contributed by atoms with van der Waals surface area (Å²) < 4.78 is 33.0. The van der Waals surface area contributed by atoms with Crippen LogP contribution in [0.5, 0.6) is 5.75 Å². The van der Waals surface area contributed by atoms with Gasteiger partial charge in [-0.1, -0.05) is 36.8 Å². The Bertz CT molecular complexity index is 1220. The molecule has 6 nitrogen and oxygen atoms in total. The number of anilines is 1. The van der Waals surface area contributed by atoms with Gasteiger partial charge in [0, 0.05) is 29.4 Å². The van der Waals surface area contributed by atoms with Crippen molar-refractivity contribution in [3.63, 3.8) is 0 Å². The average molecular weight is 497 g/mol.